The van der Waals surface area contributed by atoms with Gasteiger partial charge in [0.2, 0.25) is 0 Å². The number of fused-ring (bicyclic) bond motifs is 2. The van der Waals surface area contributed by atoms with Crippen LogP contribution < -0.4 is 0 Å². The molecule has 148 valence electrons. The molecule has 2 aromatic rings. The third-order valence-corrected chi connectivity index (χ3v) is 7.19. The van der Waals surface area contributed by atoms with E-state index in [2.05, 4.69) is 0 Å². The van der Waals surface area contributed by atoms with Gasteiger partial charge in [0.05, 0.1) is 20.9 Å². The summed E-state index contributed by atoms with van der Waals surface area (Å²) in [6.45, 7) is 3.80. The Balaban J connectivity index is 0.00000225. The Morgan fingerprint density at radius 2 is 1.57 bits per heavy atom. The van der Waals surface area contributed by atoms with E-state index in [4.69, 9.17) is 0 Å². The molecule has 2 aliphatic rings. The molecule has 1 aromatic heterocycles. The third kappa shape index (κ3) is 3.72. The molecule has 0 bridgehead atoms. The van der Waals surface area contributed by atoms with E-state index in [1.165, 1.54) is 4.90 Å². The molecule has 28 heavy (non-hydrogen) atoms. The highest BCUT2D eigenvalue weighted by atomic mass is 32.2. The molecule has 2 aliphatic heterocycles. The lowest BCUT2D eigenvalue weighted by atomic mass is 10.1. The first-order valence-corrected chi connectivity index (χ1v) is 10.8. The van der Waals surface area contributed by atoms with E-state index >= 15 is 0 Å². The van der Waals surface area contributed by atoms with Crippen LogP contribution in [0.1, 0.15) is 48.8 Å². The van der Waals surface area contributed by atoms with Gasteiger partial charge in [-0.2, -0.15) is 0 Å². The van der Waals surface area contributed by atoms with E-state index in [-0.39, 0.29) is 23.2 Å². The highest BCUT2D eigenvalue weighted by molar-refractivity contribution is 8.01. The first-order valence-electron chi connectivity index (χ1n) is 9.04. The van der Waals surface area contributed by atoms with Crippen molar-refractivity contribution in [1.82, 2.24) is 9.80 Å². The third-order valence-electron chi connectivity index (χ3n) is 4.87. The molecule has 6 nitrogen and oxygen atoms in total. The number of unbranched alkanes of at least 4 members (excludes halogenated alkanes) is 1. The lowest BCUT2D eigenvalue weighted by Gasteiger charge is -2.21. The minimum absolute atomic E-state index is 0. The molecule has 3 heterocycles. The number of benzene rings is 1. The summed E-state index contributed by atoms with van der Waals surface area (Å²) in [6, 6.07) is 8.92. The van der Waals surface area contributed by atoms with Crippen molar-refractivity contribution in [3.63, 3.8) is 0 Å². The Morgan fingerprint density at radius 1 is 0.929 bits per heavy atom. The molecule has 0 saturated heterocycles. The highest BCUT2D eigenvalue weighted by Gasteiger charge is 2.34. The van der Waals surface area contributed by atoms with E-state index < -0.39 is 0 Å². The molecule has 4 rings (SSSR count). The Hall–Kier alpha value is -2.16. The molecule has 0 saturated carbocycles. The van der Waals surface area contributed by atoms with Crippen LogP contribution in [-0.4, -0.2) is 58.4 Å². The Bertz CT molecular complexity index is 890. The van der Waals surface area contributed by atoms with Crippen LogP contribution in [0.3, 0.4) is 0 Å². The second kappa shape index (κ2) is 8.46. The monoisotopic (exact) mass is 418 g/mol. The van der Waals surface area contributed by atoms with Crippen LogP contribution in [0.2, 0.25) is 0 Å². The average Bonchev–Trinajstić information content (AvgIpc) is 3.10. The predicted octanol–water partition coefficient (Wildman–Crippen LogP) is 2.86. The van der Waals surface area contributed by atoms with Crippen molar-refractivity contribution < 1.29 is 19.9 Å². The van der Waals surface area contributed by atoms with Gasteiger partial charge in [0, 0.05) is 30.3 Å². The van der Waals surface area contributed by atoms with Crippen molar-refractivity contribution in [3.8, 4) is 0 Å². The molecule has 3 amide bonds. The Kier molecular flexibility index (Phi) is 6.22. The number of aryl methyl sites for hydroxylation is 1. The van der Waals surface area contributed by atoms with E-state index in [0.29, 0.717) is 30.6 Å². The molecule has 0 radical (unpaired) electrons. The highest BCUT2D eigenvalue weighted by Crippen LogP contribution is 2.34. The van der Waals surface area contributed by atoms with Gasteiger partial charge >= 0.3 is 0 Å². The van der Waals surface area contributed by atoms with Crippen LogP contribution in [0.25, 0.3) is 0 Å². The number of hydrogen-bond donors (Lipinski definition) is 0. The summed E-state index contributed by atoms with van der Waals surface area (Å²) in [5.74, 6) is 0.574. The maximum Gasteiger partial charge on any atom is 0.261 e. The summed E-state index contributed by atoms with van der Waals surface area (Å²) < 4.78 is 1.12. The maximum atomic E-state index is 12.8. The fourth-order valence-corrected chi connectivity index (χ4v) is 5.90. The zero-order chi connectivity index (χ0) is 19.0. The van der Waals surface area contributed by atoms with Crippen molar-refractivity contribution in [2.24, 2.45) is 0 Å². The van der Waals surface area contributed by atoms with E-state index in [0.717, 1.165) is 33.4 Å². The van der Waals surface area contributed by atoms with Crippen molar-refractivity contribution in [1.29, 1.82) is 0 Å². The zero-order valence-corrected chi connectivity index (χ0v) is 17.2. The van der Waals surface area contributed by atoms with E-state index in [9.17, 15) is 14.4 Å². The number of thioether (sulfide) groups is 1. The smallest absolute Gasteiger partial charge is 0.261 e. The zero-order valence-electron chi connectivity index (χ0n) is 15.6. The Labute approximate surface area is 171 Å². The van der Waals surface area contributed by atoms with Gasteiger partial charge in [-0.1, -0.05) is 12.1 Å². The largest absolute Gasteiger partial charge is 0.412 e. The first kappa shape index (κ1) is 20.6. The van der Waals surface area contributed by atoms with Gasteiger partial charge in [0.25, 0.3) is 17.7 Å². The van der Waals surface area contributed by atoms with Gasteiger partial charge < -0.3 is 10.4 Å². The Morgan fingerprint density at radius 3 is 2.25 bits per heavy atom. The lowest BCUT2D eigenvalue weighted by molar-refractivity contribution is 0.0643. The fraction of sp³-hybridized carbons (Fsp3) is 0.350. The van der Waals surface area contributed by atoms with Crippen molar-refractivity contribution in [3.05, 3.63) is 51.9 Å². The van der Waals surface area contributed by atoms with Crippen LogP contribution in [0.4, 0.5) is 0 Å². The number of nitrogens with zero attached hydrogens (tertiary/aromatic N) is 2. The summed E-state index contributed by atoms with van der Waals surface area (Å²) in [7, 11) is 0. The molecule has 0 atom stereocenters. The molecule has 0 aliphatic carbocycles. The first-order chi connectivity index (χ1) is 13.1. The number of amides is 3. The number of carbonyl (C=O) groups is 3. The SMILES string of the molecule is Cc1cc2c(s1)SCCN(CCCCN1C(=O)c3ccccc3C1=O)C2=O.O. The fourth-order valence-electron chi connectivity index (χ4n) is 3.50. The number of imide groups is 1. The molecular weight excluding hydrogens is 396 g/mol. The average molecular weight is 419 g/mol. The summed E-state index contributed by atoms with van der Waals surface area (Å²) in [6.07, 6.45) is 1.46. The van der Waals surface area contributed by atoms with Crippen LogP contribution in [0.5, 0.6) is 0 Å². The topological polar surface area (TPSA) is 89.2 Å². The quantitative estimate of drug-likeness (QED) is 0.552. The van der Waals surface area contributed by atoms with Crippen LogP contribution >= 0.6 is 23.1 Å². The van der Waals surface area contributed by atoms with E-state index in [1.54, 1.807) is 47.4 Å². The molecule has 8 heteroatoms. The maximum absolute atomic E-state index is 12.8. The normalized spacial score (nSPS) is 16.0. The van der Waals surface area contributed by atoms with Crippen LogP contribution in [-0.2, 0) is 0 Å². The molecule has 0 fully saturated rings. The van der Waals surface area contributed by atoms with Gasteiger partial charge in [-0.25, -0.2) is 0 Å². The number of rotatable bonds is 5. The van der Waals surface area contributed by atoms with Gasteiger partial charge in [-0.15, -0.1) is 23.1 Å². The summed E-state index contributed by atoms with van der Waals surface area (Å²) in [5.41, 5.74) is 1.80. The molecule has 1 aromatic carbocycles. The number of carbonyl (C=O) groups excluding carboxylic acids is 3. The predicted molar refractivity (Wildman–Crippen MR) is 110 cm³/mol. The summed E-state index contributed by atoms with van der Waals surface area (Å²) in [4.78, 5) is 41.9. The van der Waals surface area contributed by atoms with E-state index in [1.807, 2.05) is 17.9 Å². The molecule has 0 spiro atoms. The van der Waals surface area contributed by atoms with Crippen LogP contribution in [0, 0.1) is 6.92 Å². The minimum Gasteiger partial charge on any atom is -0.412 e. The van der Waals surface area contributed by atoms with Gasteiger partial charge in [-0.05, 0) is 38.0 Å². The van der Waals surface area contributed by atoms with Crippen LogP contribution in [0.15, 0.2) is 34.5 Å². The van der Waals surface area contributed by atoms with Gasteiger partial charge in [0.15, 0.2) is 0 Å². The van der Waals surface area contributed by atoms with Crippen molar-refractivity contribution >= 4 is 40.8 Å². The number of hydrogen-bond acceptors (Lipinski definition) is 5. The second-order valence-electron chi connectivity index (χ2n) is 6.71. The molecular formula is C20H22N2O4S2. The van der Waals surface area contributed by atoms with Gasteiger partial charge in [0.1, 0.15) is 0 Å². The summed E-state index contributed by atoms with van der Waals surface area (Å²) in [5, 5.41) is 0. The standard InChI is InChI=1S/C20H20N2O3S2.H2O/c1-13-12-16-17(23)21(10-11-26-20(16)27-13)8-4-5-9-22-18(24)14-6-2-3-7-15(14)19(22)25;/h2-3,6-7,12H,4-5,8-11H2,1H3;1H2. The number of thiophene rings is 1. The summed E-state index contributed by atoms with van der Waals surface area (Å²) >= 11 is 3.43. The van der Waals surface area contributed by atoms with Gasteiger partial charge in [-0.3, -0.25) is 19.3 Å². The lowest BCUT2D eigenvalue weighted by Crippen LogP contribution is -2.34. The molecule has 0 unspecified atom stereocenters. The van der Waals surface area contributed by atoms with Crippen molar-refractivity contribution in [2.75, 3.05) is 25.4 Å². The molecule has 2 N–H and O–H groups in total. The van der Waals surface area contributed by atoms with Crippen molar-refractivity contribution in [2.45, 2.75) is 24.0 Å². The minimum atomic E-state index is -0.212. The second-order valence-corrected chi connectivity index (χ2v) is 9.33.